The van der Waals surface area contributed by atoms with E-state index in [1.165, 1.54) is 0 Å². The van der Waals surface area contributed by atoms with Gasteiger partial charge < -0.3 is 10.2 Å². The Balaban J connectivity index is 1.93. The van der Waals surface area contributed by atoms with Crippen LogP contribution in [0.25, 0.3) is 0 Å². The molecule has 3 atom stereocenters. The summed E-state index contributed by atoms with van der Waals surface area (Å²) in [5, 5.41) is 3.06. The highest BCUT2D eigenvalue weighted by molar-refractivity contribution is 6.00. The van der Waals surface area contributed by atoms with Crippen LogP contribution in [-0.2, 0) is 16.1 Å². The Labute approximate surface area is 138 Å². The molecule has 0 radical (unpaired) electrons. The van der Waals surface area contributed by atoms with Crippen molar-refractivity contribution in [1.82, 2.24) is 10.2 Å². The highest BCUT2D eigenvalue weighted by Crippen LogP contribution is 2.43. The van der Waals surface area contributed by atoms with Gasteiger partial charge in [0.1, 0.15) is 11.6 Å². The zero-order valence-electron chi connectivity index (χ0n) is 14.2. The molecule has 3 unspecified atom stereocenters. The van der Waals surface area contributed by atoms with Crippen molar-refractivity contribution in [3.63, 3.8) is 0 Å². The number of nitrogens with zero attached hydrogens (tertiary/aromatic N) is 1. The Morgan fingerprint density at radius 2 is 1.91 bits per heavy atom. The van der Waals surface area contributed by atoms with Crippen LogP contribution in [-0.4, -0.2) is 28.3 Å². The van der Waals surface area contributed by atoms with Gasteiger partial charge in [0.05, 0.1) is 0 Å². The highest BCUT2D eigenvalue weighted by Gasteiger charge is 2.55. The summed E-state index contributed by atoms with van der Waals surface area (Å²) in [6.07, 6.45) is 2.92. The van der Waals surface area contributed by atoms with Crippen molar-refractivity contribution in [2.45, 2.75) is 58.2 Å². The quantitative estimate of drug-likeness (QED) is 0.908. The van der Waals surface area contributed by atoms with Crippen molar-refractivity contribution in [2.24, 2.45) is 11.8 Å². The molecular formula is C19H26N2O2. The first kappa shape index (κ1) is 16.0. The van der Waals surface area contributed by atoms with Gasteiger partial charge in [0.25, 0.3) is 0 Å². The summed E-state index contributed by atoms with van der Waals surface area (Å²) in [4.78, 5) is 27.8. The van der Waals surface area contributed by atoms with Crippen LogP contribution < -0.4 is 5.32 Å². The van der Waals surface area contributed by atoms with Gasteiger partial charge in [0.2, 0.25) is 11.8 Å². The van der Waals surface area contributed by atoms with Gasteiger partial charge in [-0.25, -0.2) is 0 Å². The fraction of sp³-hybridized carbons (Fsp3) is 0.579. The van der Waals surface area contributed by atoms with Crippen molar-refractivity contribution in [2.75, 3.05) is 0 Å². The summed E-state index contributed by atoms with van der Waals surface area (Å²) >= 11 is 0. The summed E-state index contributed by atoms with van der Waals surface area (Å²) in [5.74, 6) is 0.513. The molecule has 4 nitrogen and oxygen atoms in total. The first-order valence-electron chi connectivity index (χ1n) is 8.64. The minimum atomic E-state index is -0.726. The number of rotatable bonds is 5. The van der Waals surface area contributed by atoms with E-state index in [9.17, 15) is 9.59 Å². The van der Waals surface area contributed by atoms with Crippen LogP contribution in [0.5, 0.6) is 0 Å². The lowest BCUT2D eigenvalue weighted by Gasteiger charge is -2.46. The largest absolute Gasteiger partial charge is 0.340 e. The third kappa shape index (κ3) is 2.87. The molecule has 1 aromatic rings. The van der Waals surface area contributed by atoms with E-state index < -0.39 is 5.54 Å². The fourth-order valence-electron chi connectivity index (χ4n) is 3.63. The third-order valence-corrected chi connectivity index (χ3v) is 5.46. The zero-order valence-corrected chi connectivity index (χ0v) is 14.2. The van der Waals surface area contributed by atoms with Crippen LogP contribution in [0, 0.1) is 11.8 Å². The second-order valence-corrected chi connectivity index (χ2v) is 7.21. The molecule has 1 saturated heterocycles. The maximum absolute atomic E-state index is 13.2. The van der Waals surface area contributed by atoms with E-state index >= 15 is 0 Å². The molecule has 1 aliphatic carbocycles. The first-order valence-corrected chi connectivity index (χ1v) is 8.64. The van der Waals surface area contributed by atoms with E-state index in [1.54, 1.807) is 0 Å². The minimum absolute atomic E-state index is 0.00396. The van der Waals surface area contributed by atoms with Crippen LogP contribution >= 0.6 is 0 Å². The molecule has 2 amide bonds. The molecule has 1 aliphatic heterocycles. The molecule has 2 fully saturated rings. The smallest absolute Gasteiger partial charge is 0.249 e. The average molecular weight is 314 g/mol. The summed E-state index contributed by atoms with van der Waals surface area (Å²) in [6.45, 7) is 6.52. The SMILES string of the molecule is CCC(C)C1C(=O)NC(C)(C2CC2)C(=O)N1Cc1ccccc1. The average Bonchev–Trinajstić information content (AvgIpc) is 3.38. The highest BCUT2D eigenvalue weighted by atomic mass is 16.2. The summed E-state index contributed by atoms with van der Waals surface area (Å²) < 4.78 is 0. The number of amides is 2. The predicted octanol–water partition coefficient (Wildman–Crippen LogP) is 2.73. The van der Waals surface area contributed by atoms with Crippen molar-refractivity contribution in [3.8, 4) is 0 Å². The number of nitrogens with one attached hydrogen (secondary N) is 1. The van der Waals surface area contributed by atoms with Crippen LogP contribution in [0.15, 0.2) is 30.3 Å². The van der Waals surface area contributed by atoms with E-state index in [0.717, 1.165) is 24.8 Å². The molecule has 1 saturated carbocycles. The number of hydrogen-bond acceptors (Lipinski definition) is 2. The Bertz CT molecular complexity index is 597. The van der Waals surface area contributed by atoms with Gasteiger partial charge in [-0.1, -0.05) is 50.6 Å². The van der Waals surface area contributed by atoms with Gasteiger partial charge in [0, 0.05) is 6.54 Å². The number of carbonyl (C=O) groups is 2. The zero-order chi connectivity index (χ0) is 16.6. The molecular weight excluding hydrogens is 288 g/mol. The maximum Gasteiger partial charge on any atom is 0.249 e. The van der Waals surface area contributed by atoms with Crippen molar-refractivity contribution in [1.29, 1.82) is 0 Å². The fourth-order valence-corrected chi connectivity index (χ4v) is 3.63. The number of carbonyl (C=O) groups excluding carboxylic acids is 2. The van der Waals surface area contributed by atoms with Gasteiger partial charge in [-0.05, 0) is 37.2 Å². The van der Waals surface area contributed by atoms with Crippen molar-refractivity contribution in [3.05, 3.63) is 35.9 Å². The van der Waals surface area contributed by atoms with E-state index in [-0.39, 0.29) is 29.7 Å². The standard InChI is InChI=1S/C19H26N2O2/c1-4-13(2)16-17(22)20-19(3,15-10-11-15)18(23)21(16)12-14-8-6-5-7-9-14/h5-9,13,15-16H,4,10-12H2,1-3H3,(H,20,22). The molecule has 1 aromatic carbocycles. The molecule has 1 N–H and O–H groups in total. The lowest BCUT2D eigenvalue weighted by molar-refractivity contribution is -0.158. The summed E-state index contributed by atoms with van der Waals surface area (Å²) in [7, 11) is 0. The molecule has 23 heavy (non-hydrogen) atoms. The molecule has 3 rings (SSSR count). The van der Waals surface area contributed by atoms with Crippen molar-refractivity contribution >= 4 is 11.8 Å². The molecule has 0 aromatic heterocycles. The lowest BCUT2D eigenvalue weighted by atomic mass is 9.85. The van der Waals surface area contributed by atoms with E-state index in [2.05, 4.69) is 19.2 Å². The van der Waals surface area contributed by atoms with E-state index in [0.29, 0.717) is 6.54 Å². The Hall–Kier alpha value is -1.84. The Kier molecular flexibility index (Phi) is 4.17. The van der Waals surface area contributed by atoms with Crippen molar-refractivity contribution < 1.29 is 9.59 Å². The van der Waals surface area contributed by atoms with Crippen LogP contribution in [0.2, 0.25) is 0 Å². The molecule has 0 spiro atoms. The molecule has 124 valence electrons. The van der Waals surface area contributed by atoms with E-state index in [4.69, 9.17) is 0 Å². The molecule has 2 aliphatic rings. The monoisotopic (exact) mass is 314 g/mol. The third-order valence-electron chi connectivity index (χ3n) is 5.46. The van der Waals surface area contributed by atoms with Crippen LogP contribution in [0.3, 0.4) is 0 Å². The normalized spacial score (nSPS) is 29.3. The molecule has 4 heteroatoms. The summed E-state index contributed by atoms with van der Waals surface area (Å²) in [6, 6.07) is 9.57. The second-order valence-electron chi connectivity index (χ2n) is 7.21. The Morgan fingerprint density at radius 1 is 1.26 bits per heavy atom. The minimum Gasteiger partial charge on any atom is -0.340 e. The van der Waals surface area contributed by atoms with Gasteiger partial charge in [0.15, 0.2) is 0 Å². The van der Waals surface area contributed by atoms with Gasteiger partial charge >= 0.3 is 0 Å². The van der Waals surface area contributed by atoms with Crippen LogP contribution in [0.4, 0.5) is 0 Å². The maximum atomic E-state index is 13.2. The summed E-state index contributed by atoms with van der Waals surface area (Å²) in [5.41, 5.74) is 0.345. The van der Waals surface area contributed by atoms with Gasteiger partial charge in [-0.2, -0.15) is 0 Å². The van der Waals surface area contributed by atoms with Gasteiger partial charge in [-0.15, -0.1) is 0 Å². The number of piperazine rings is 1. The number of benzene rings is 1. The second kappa shape index (κ2) is 5.99. The number of hydrogen-bond donors (Lipinski definition) is 1. The first-order chi connectivity index (χ1) is 11.0. The van der Waals surface area contributed by atoms with E-state index in [1.807, 2.05) is 42.2 Å². The topological polar surface area (TPSA) is 49.4 Å². The Morgan fingerprint density at radius 3 is 2.48 bits per heavy atom. The molecule has 1 heterocycles. The lowest BCUT2D eigenvalue weighted by Crippen LogP contribution is -2.71. The van der Waals surface area contributed by atoms with Crippen LogP contribution in [0.1, 0.15) is 45.6 Å². The van der Waals surface area contributed by atoms with Gasteiger partial charge in [-0.3, -0.25) is 9.59 Å². The molecule has 0 bridgehead atoms. The predicted molar refractivity (Wildman–Crippen MR) is 89.5 cm³/mol.